The molecule has 0 saturated carbocycles. The molecule has 0 spiro atoms. The molecular formula is C20H23NO2. The fourth-order valence-corrected chi connectivity index (χ4v) is 3.02. The summed E-state index contributed by atoms with van der Waals surface area (Å²) in [7, 11) is 0. The van der Waals surface area contributed by atoms with Gasteiger partial charge in [0.05, 0.1) is 0 Å². The van der Waals surface area contributed by atoms with Gasteiger partial charge in [0.15, 0.2) is 0 Å². The van der Waals surface area contributed by atoms with Crippen LogP contribution in [0.5, 0.6) is 0 Å². The third-order valence-corrected chi connectivity index (χ3v) is 4.27. The number of alkyl carbamates (subject to hydrolysis) is 1. The monoisotopic (exact) mass is 309 g/mol. The summed E-state index contributed by atoms with van der Waals surface area (Å²) in [5.74, 6) is 0. The number of hydrogen-bond donors (Lipinski definition) is 1. The fourth-order valence-electron chi connectivity index (χ4n) is 3.02. The van der Waals surface area contributed by atoms with Crippen LogP contribution in [0.2, 0.25) is 0 Å². The molecule has 2 aromatic carbocycles. The highest BCUT2D eigenvalue weighted by Crippen LogP contribution is 2.18. The van der Waals surface area contributed by atoms with Crippen molar-refractivity contribution < 1.29 is 9.53 Å². The largest absolute Gasteiger partial charge is 0.442 e. The van der Waals surface area contributed by atoms with Gasteiger partial charge in [-0.05, 0) is 48.1 Å². The van der Waals surface area contributed by atoms with E-state index in [0.717, 1.165) is 24.8 Å². The fraction of sp³-hybridized carbons (Fsp3) is 0.350. The van der Waals surface area contributed by atoms with E-state index in [-0.39, 0.29) is 12.2 Å². The molecule has 1 atom stereocenters. The van der Waals surface area contributed by atoms with Crippen molar-refractivity contribution in [1.29, 1.82) is 0 Å². The average molecular weight is 309 g/mol. The zero-order valence-electron chi connectivity index (χ0n) is 13.3. The Morgan fingerprint density at radius 1 is 1.09 bits per heavy atom. The normalized spacial score (nSPS) is 19.6. The molecule has 0 radical (unpaired) electrons. The molecule has 1 aliphatic rings. The van der Waals surface area contributed by atoms with E-state index in [4.69, 9.17) is 4.74 Å². The van der Waals surface area contributed by atoms with Crippen molar-refractivity contribution >= 4 is 16.9 Å². The molecule has 1 N–H and O–H groups in total. The third-order valence-electron chi connectivity index (χ3n) is 4.27. The van der Waals surface area contributed by atoms with E-state index in [1.165, 1.54) is 23.6 Å². The predicted molar refractivity (Wildman–Crippen MR) is 93.3 cm³/mol. The zero-order valence-corrected chi connectivity index (χ0v) is 13.3. The maximum absolute atomic E-state index is 12.1. The molecular weight excluding hydrogens is 286 g/mol. The van der Waals surface area contributed by atoms with E-state index in [9.17, 15) is 4.79 Å². The summed E-state index contributed by atoms with van der Waals surface area (Å²) in [6, 6.07) is 14.3. The number of hydrogen-bond acceptors (Lipinski definition) is 2. The van der Waals surface area contributed by atoms with Crippen LogP contribution in [0.1, 0.15) is 37.7 Å². The van der Waals surface area contributed by atoms with Crippen molar-refractivity contribution in [2.45, 2.75) is 44.8 Å². The Kier molecular flexibility index (Phi) is 5.30. The number of nitrogens with one attached hydrogen (secondary N) is 1. The summed E-state index contributed by atoms with van der Waals surface area (Å²) in [6.07, 6.45) is 9.27. The lowest BCUT2D eigenvalue weighted by Crippen LogP contribution is -2.28. The second-order valence-corrected chi connectivity index (χ2v) is 6.00. The van der Waals surface area contributed by atoms with Gasteiger partial charge in [0.2, 0.25) is 0 Å². The average Bonchev–Trinajstić information content (AvgIpc) is 2.55. The van der Waals surface area contributed by atoms with Gasteiger partial charge in [-0.2, -0.15) is 0 Å². The van der Waals surface area contributed by atoms with Crippen LogP contribution in [-0.2, 0) is 11.3 Å². The highest BCUT2D eigenvalue weighted by atomic mass is 16.6. The summed E-state index contributed by atoms with van der Waals surface area (Å²) in [5, 5.41) is 5.23. The Bertz CT molecular complexity index is 688. The number of carbonyl (C=O) groups excluding carboxylic acids is 1. The van der Waals surface area contributed by atoms with Gasteiger partial charge in [-0.3, -0.25) is 0 Å². The Balaban J connectivity index is 1.58. The lowest BCUT2D eigenvalue weighted by molar-refractivity contribution is 0.113. The number of carbonyl (C=O) groups is 1. The van der Waals surface area contributed by atoms with Crippen LogP contribution in [0.15, 0.2) is 54.6 Å². The minimum atomic E-state index is -0.340. The predicted octanol–water partition coefficient (Wildman–Crippen LogP) is 4.95. The van der Waals surface area contributed by atoms with E-state index in [2.05, 4.69) is 29.6 Å². The molecule has 1 aliphatic carbocycles. The molecule has 0 aromatic heterocycles. The third kappa shape index (κ3) is 4.35. The highest BCUT2D eigenvalue weighted by molar-refractivity contribution is 5.85. The lowest BCUT2D eigenvalue weighted by Gasteiger charge is -2.17. The first-order valence-corrected chi connectivity index (χ1v) is 8.41. The second-order valence-electron chi connectivity index (χ2n) is 6.00. The number of ether oxygens (including phenoxy) is 1. The number of benzene rings is 2. The Hall–Kier alpha value is -2.29. The van der Waals surface area contributed by atoms with Gasteiger partial charge in [0.1, 0.15) is 6.10 Å². The molecule has 1 amide bonds. The van der Waals surface area contributed by atoms with E-state index in [0.29, 0.717) is 6.54 Å². The van der Waals surface area contributed by atoms with Crippen LogP contribution in [0.4, 0.5) is 4.79 Å². The van der Waals surface area contributed by atoms with Crippen molar-refractivity contribution in [2.75, 3.05) is 0 Å². The van der Waals surface area contributed by atoms with Gasteiger partial charge in [0, 0.05) is 6.54 Å². The van der Waals surface area contributed by atoms with Crippen molar-refractivity contribution in [3.05, 3.63) is 60.2 Å². The summed E-state index contributed by atoms with van der Waals surface area (Å²) in [4.78, 5) is 12.1. The molecule has 23 heavy (non-hydrogen) atoms. The molecule has 3 rings (SSSR count). The van der Waals surface area contributed by atoms with Gasteiger partial charge in [-0.1, -0.05) is 55.0 Å². The van der Waals surface area contributed by atoms with Crippen LogP contribution in [-0.4, -0.2) is 12.2 Å². The van der Waals surface area contributed by atoms with Crippen LogP contribution in [0, 0.1) is 0 Å². The van der Waals surface area contributed by atoms with Gasteiger partial charge in [-0.25, -0.2) is 4.79 Å². The second kappa shape index (κ2) is 7.82. The summed E-state index contributed by atoms with van der Waals surface area (Å²) in [6.45, 7) is 0.483. The Labute approximate surface area is 137 Å². The molecule has 0 fully saturated rings. The first kappa shape index (κ1) is 15.6. The van der Waals surface area contributed by atoms with Crippen molar-refractivity contribution in [3.63, 3.8) is 0 Å². The minimum absolute atomic E-state index is 0.0946. The molecule has 0 heterocycles. The maximum atomic E-state index is 12.1. The quantitative estimate of drug-likeness (QED) is 0.814. The summed E-state index contributed by atoms with van der Waals surface area (Å²) >= 11 is 0. The van der Waals surface area contributed by atoms with Crippen LogP contribution in [0.3, 0.4) is 0 Å². The van der Waals surface area contributed by atoms with Gasteiger partial charge >= 0.3 is 6.09 Å². The standard InChI is InChI=1S/C20H23NO2/c22-20(23-18-12-4-2-1-3-5-13-18)21-15-17-11-8-10-16-9-6-7-14-19(16)17/h4,6-12,14,18H,1-3,5,13,15H2,(H,21,22)/b12-4-. The topological polar surface area (TPSA) is 38.3 Å². The van der Waals surface area contributed by atoms with E-state index < -0.39 is 0 Å². The number of amides is 1. The van der Waals surface area contributed by atoms with Crippen LogP contribution >= 0.6 is 0 Å². The van der Waals surface area contributed by atoms with Gasteiger partial charge < -0.3 is 10.1 Å². The molecule has 3 nitrogen and oxygen atoms in total. The molecule has 120 valence electrons. The van der Waals surface area contributed by atoms with Crippen LogP contribution in [0.25, 0.3) is 10.8 Å². The molecule has 1 unspecified atom stereocenters. The zero-order chi connectivity index (χ0) is 15.9. The van der Waals surface area contributed by atoms with Crippen LogP contribution < -0.4 is 5.32 Å². The Morgan fingerprint density at radius 2 is 1.96 bits per heavy atom. The SMILES string of the molecule is O=C(NCc1cccc2ccccc12)OC1/C=C\CCCCC1. The lowest BCUT2D eigenvalue weighted by atomic mass is 10.0. The molecule has 0 aliphatic heterocycles. The molecule has 0 bridgehead atoms. The number of fused-ring (bicyclic) bond motifs is 1. The van der Waals surface area contributed by atoms with Crippen molar-refractivity contribution in [2.24, 2.45) is 0 Å². The maximum Gasteiger partial charge on any atom is 0.407 e. The van der Waals surface area contributed by atoms with Gasteiger partial charge in [0.25, 0.3) is 0 Å². The minimum Gasteiger partial charge on any atom is -0.442 e. The van der Waals surface area contributed by atoms with E-state index >= 15 is 0 Å². The van der Waals surface area contributed by atoms with Crippen molar-refractivity contribution in [1.82, 2.24) is 5.32 Å². The molecule has 3 heteroatoms. The summed E-state index contributed by atoms with van der Waals surface area (Å²) < 4.78 is 5.52. The highest BCUT2D eigenvalue weighted by Gasteiger charge is 2.12. The first-order valence-electron chi connectivity index (χ1n) is 8.41. The van der Waals surface area contributed by atoms with Crippen molar-refractivity contribution in [3.8, 4) is 0 Å². The molecule has 0 saturated heterocycles. The molecule has 2 aromatic rings. The first-order chi connectivity index (χ1) is 11.3. The van der Waals surface area contributed by atoms with E-state index in [1.54, 1.807) is 0 Å². The summed E-state index contributed by atoms with van der Waals surface area (Å²) in [5.41, 5.74) is 1.10. The number of rotatable bonds is 3. The smallest absolute Gasteiger partial charge is 0.407 e. The van der Waals surface area contributed by atoms with E-state index in [1.807, 2.05) is 30.3 Å². The van der Waals surface area contributed by atoms with Gasteiger partial charge in [-0.15, -0.1) is 0 Å². The number of allylic oxidation sites excluding steroid dienone is 1. The Morgan fingerprint density at radius 3 is 2.91 bits per heavy atom.